The Labute approximate surface area is 122 Å². The second-order valence-electron chi connectivity index (χ2n) is 5.07. The summed E-state index contributed by atoms with van der Waals surface area (Å²) in [6.07, 6.45) is -6.63. The Morgan fingerprint density at radius 3 is 2.05 bits per heavy atom. The highest BCUT2D eigenvalue weighted by Gasteiger charge is 2.56. The molecule has 21 heavy (non-hydrogen) atoms. The first-order valence-electron chi connectivity index (χ1n) is 6.79. The summed E-state index contributed by atoms with van der Waals surface area (Å²) in [5.41, 5.74) is 0. The maximum Gasteiger partial charge on any atom is 0.453 e. The molecule has 9 heteroatoms. The Balaban J connectivity index is 4.04. The van der Waals surface area contributed by atoms with E-state index < -0.39 is 40.5 Å². The van der Waals surface area contributed by atoms with Crippen LogP contribution in [-0.4, -0.2) is 44.6 Å². The molecule has 0 spiro atoms. The van der Waals surface area contributed by atoms with E-state index in [0.717, 1.165) is 6.42 Å². The molecule has 0 radical (unpaired) electrons. The van der Waals surface area contributed by atoms with E-state index in [1.165, 1.54) is 0 Å². The topological polar surface area (TPSA) is 46.2 Å². The first kappa shape index (κ1) is 20.6. The van der Waals surface area contributed by atoms with Crippen molar-refractivity contribution in [3.8, 4) is 0 Å². The third-order valence-electron chi connectivity index (χ3n) is 3.10. The van der Waals surface area contributed by atoms with E-state index in [1.807, 2.05) is 13.8 Å². The van der Waals surface area contributed by atoms with Gasteiger partial charge >= 0.3 is 12.1 Å². The third-order valence-corrected chi connectivity index (χ3v) is 4.92. The number of halogens is 5. The summed E-state index contributed by atoms with van der Waals surface area (Å²) in [5.74, 6) is -5.70. The van der Waals surface area contributed by atoms with E-state index in [1.54, 1.807) is 0 Å². The molecule has 1 atom stereocenters. The van der Waals surface area contributed by atoms with Crippen molar-refractivity contribution in [3.63, 3.8) is 0 Å². The first-order valence-corrected chi connectivity index (χ1v) is 8.62. The quantitative estimate of drug-likeness (QED) is 0.491. The van der Waals surface area contributed by atoms with Crippen molar-refractivity contribution in [2.45, 2.75) is 57.7 Å². The standard InChI is InChI=1S/C12H22F5NO2S/c1-3-10(2)18-7-5-9-21(19,20)8-4-6-11(13,14)12(15,16)17/h10,18H,3-9H2,1-2H3. The molecular formula is C12H22F5NO2S. The van der Waals surface area contributed by atoms with Crippen molar-refractivity contribution >= 4 is 9.84 Å². The van der Waals surface area contributed by atoms with E-state index in [0.29, 0.717) is 13.0 Å². The molecule has 0 rings (SSSR count). The van der Waals surface area contributed by atoms with Gasteiger partial charge in [0.15, 0.2) is 0 Å². The monoisotopic (exact) mass is 339 g/mol. The van der Waals surface area contributed by atoms with Gasteiger partial charge in [0.25, 0.3) is 0 Å². The molecule has 128 valence electrons. The summed E-state index contributed by atoms with van der Waals surface area (Å²) in [4.78, 5) is 0. The van der Waals surface area contributed by atoms with Gasteiger partial charge in [-0.25, -0.2) is 8.42 Å². The Morgan fingerprint density at radius 1 is 1.05 bits per heavy atom. The van der Waals surface area contributed by atoms with Gasteiger partial charge in [0.05, 0.1) is 11.5 Å². The van der Waals surface area contributed by atoms with Gasteiger partial charge in [-0.1, -0.05) is 6.92 Å². The van der Waals surface area contributed by atoms with Crippen molar-refractivity contribution in [2.75, 3.05) is 18.1 Å². The van der Waals surface area contributed by atoms with Crippen LogP contribution >= 0.6 is 0 Å². The summed E-state index contributed by atoms with van der Waals surface area (Å²) in [5, 5.41) is 3.07. The van der Waals surface area contributed by atoms with Crippen LogP contribution in [0.5, 0.6) is 0 Å². The molecule has 0 bridgehead atoms. The SMILES string of the molecule is CCC(C)NCCCS(=O)(=O)CCCC(F)(F)C(F)(F)F. The lowest BCUT2D eigenvalue weighted by Gasteiger charge is -2.19. The van der Waals surface area contributed by atoms with Crippen LogP contribution in [0, 0.1) is 0 Å². The van der Waals surface area contributed by atoms with Gasteiger partial charge in [-0.3, -0.25) is 0 Å². The molecule has 1 unspecified atom stereocenters. The predicted molar refractivity (Wildman–Crippen MR) is 71.3 cm³/mol. The van der Waals surface area contributed by atoms with Gasteiger partial charge in [-0.15, -0.1) is 0 Å². The van der Waals surface area contributed by atoms with Crippen LogP contribution in [0.2, 0.25) is 0 Å². The van der Waals surface area contributed by atoms with Gasteiger partial charge in [0.2, 0.25) is 0 Å². The molecular weight excluding hydrogens is 317 g/mol. The molecule has 3 nitrogen and oxygen atoms in total. The van der Waals surface area contributed by atoms with E-state index in [-0.39, 0.29) is 11.8 Å². The molecule has 0 aliphatic carbocycles. The lowest BCUT2D eigenvalue weighted by Crippen LogP contribution is -2.36. The average Bonchev–Trinajstić information content (AvgIpc) is 2.32. The van der Waals surface area contributed by atoms with Gasteiger partial charge in [0, 0.05) is 12.5 Å². The smallest absolute Gasteiger partial charge is 0.314 e. The maximum atomic E-state index is 12.6. The van der Waals surface area contributed by atoms with Crippen LogP contribution in [0.25, 0.3) is 0 Å². The molecule has 0 saturated carbocycles. The molecule has 1 N–H and O–H groups in total. The summed E-state index contributed by atoms with van der Waals surface area (Å²) in [6.45, 7) is 4.37. The van der Waals surface area contributed by atoms with Gasteiger partial charge in [0.1, 0.15) is 9.84 Å². The highest BCUT2D eigenvalue weighted by molar-refractivity contribution is 7.91. The van der Waals surface area contributed by atoms with Gasteiger partial charge < -0.3 is 5.32 Å². The molecule has 0 fully saturated rings. The van der Waals surface area contributed by atoms with Gasteiger partial charge in [-0.2, -0.15) is 22.0 Å². The van der Waals surface area contributed by atoms with E-state index in [2.05, 4.69) is 5.32 Å². The Hall–Kier alpha value is -0.440. The fourth-order valence-corrected chi connectivity index (χ4v) is 2.92. The van der Waals surface area contributed by atoms with E-state index in [4.69, 9.17) is 0 Å². The minimum absolute atomic E-state index is 0.214. The second-order valence-corrected chi connectivity index (χ2v) is 7.38. The molecule has 0 aromatic rings. The zero-order valence-corrected chi connectivity index (χ0v) is 13.0. The lowest BCUT2D eigenvalue weighted by atomic mass is 10.2. The molecule has 0 aromatic heterocycles. The highest BCUT2D eigenvalue weighted by Crippen LogP contribution is 2.38. The minimum atomic E-state index is -5.63. The van der Waals surface area contributed by atoms with Crippen molar-refractivity contribution in [2.24, 2.45) is 0 Å². The van der Waals surface area contributed by atoms with Crippen LogP contribution in [-0.2, 0) is 9.84 Å². The zero-order chi connectivity index (χ0) is 16.7. The van der Waals surface area contributed by atoms with Crippen LogP contribution in [0.15, 0.2) is 0 Å². The van der Waals surface area contributed by atoms with Crippen molar-refractivity contribution in [1.82, 2.24) is 5.32 Å². The number of nitrogens with one attached hydrogen (secondary N) is 1. The first-order chi connectivity index (χ1) is 9.41. The number of rotatable bonds is 10. The fraction of sp³-hybridized carbons (Fsp3) is 1.00. The summed E-state index contributed by atoms with van der Waals surface area (Å²) >= 11 is 0. The number of hydrogen-bond acceptors (Lipinski definition) is 3. The van der Waals surface area contributed by atoms with Crippen LogP contribution in [0.4, 0.5) is 22.0 Å². The molecule has 0 aromatic carbocycles. The van der Waals surface area contributed by atoms with Gasteiger partial charge in [-0.05, 0) is 32.7 Å². The number of hydrogen-bond donors (Lipinski definition) is 1. The Kier molecular flexibility index (Phi) is 8.09. The van der Waals surface area contributed by atoms with Crippen molar-refractivity contribution in [1.29, 1.82) is 0 Å². The third kappa shape index (κ3) is 8.55. The normalized spacial score (nSPS) is 15.2. The lowest BCUT2D eigenvalue weighted by molar-refractivity contribution is -0.284. The average molecular weight is 339 g/mol. The van der Waals surface area contributed by atoms with E-state index >= 15 is 0 Å². The summed E-state index contributed by atoms with van der Waals surface area (Å²) < 4.78 is 84.0. The molecule has 0 aliphatic heterocycles. The molecule has 0 heterocycles. The largest absolute Gasteiger partial charge is 0.453 e. The number of alkyl halides is 5. The fourth-order valence-electron chi connectivity index (χ4n) is 1.54. The summed E-state index contributed by atoms with van der Waals surface area (Å²) in [7, 11) is -3.59. The zero-order valence-electron chi connectivity index (χ0n) is 12.1. The molecule has 0 saturated heterocycles. The second kappa shape index (κ2) is 8.26. The maximum absolute atomic E-state index is 12.6. The highest BCUT2D eigenvalue weighted by atomic mass is 32.2. The van der Waals surface area contributed by atoms with Crippen LogP contribution in [0.1, 0.15) is 39.5 Å². The Bertz CT molecular complexity index is 395. The van der Waals surface area contributed by atoms with E-state index in [9.17, 15) is 30.4 Å². The van der Waals surface area contributed by atoms with Crippen LogP contribution in [0.3, 0.4) is 0 Å². The minimum Gasteiger partial charge on any atom is -0.314 e. The molecule has 0 amide bonds. The Morgan fingerprint density at radius 2 is 1.57 bits per heavy atom. The van der Waals surface area contributed by atoms with Crippen LogP contribution < -0.4 is 5.32 Å². The number of sulfone groups is 1. The van der Waals surface area contributed by atoms with Crippen molar-refractivity contribution in [3.05, 3.63) is 0 Å². The molecule has 0 aliphatic rings. The van der Waals surface area contributed by atoms with Crippen molar-refractivity contribution < 1.29 is 30.4 Å². The summed E-state index contributed by atoms with van der Waals surface area (Å²) in [6, 6.07) is 0.248. The predicted octanol–water partition coefficient (Wildman–Crippen LogP) is 3.16.